The second-order valence-corrected chi connectivity index (χ2v) is 5.63. The number of hydrogen-bond acceptors (Lipinski definition) is 3. The lowest BCUT2D eigenvalue weighted by molar-refractivity contribution is -0.0443. The quantitative estimate of drug-likeness (QED) is 0.813. The van der Waals surface area contributed by atoms with Crippen LogP contribution >= 0.6 is 0 Å². The zero-order valence-electron chi connectivity index (χ0n) is 11.5. The molecule has 3 nitrogen and oxygen atoms in total. The molecule has 0 amide bonds. The molecule has 0 bridgehead atoms. The number of rotatable bonds is 4. The van der Waals surface area contributed by atoms with Crippen molar-refractivity contribution >= 4 is 0 Å². The Morgan fingerprint density at radius 2 is 2.29 bits per heavy atom. The fourth-order valence-electron chi connectivity index (χ4n) is 3.08. The van der Waals surface area contributed by atoms with Crippen LogP contribution in [-0.4, -0.2) is 49.3 Å². The first-order valence-corrected chi connectivity index (χ1v) is 7.38. The molecule has 17 heavy (non-hydrogen) atoms. The SMILES string of the molecule is CCC1CN(C(C)CC2CCCCN2)CCO1. The lowest BCUT2D eigenvalue weighted by Crippen LogP contribution is -2.49. The zero-order valence-corrected chi connectivity index (χ0v) is 11.5. The lowest BCUT2D eigenvalue weighted by atomic mass is 9.97. The Bertz CT molecular complexity index is 216. The third-order valence-electron chi connectivity index (χ3n) is 4.29. The van der Waals surface area contributed by atoms with Gasteiger partial charge in [-0.1, -0.05) is 13.3 Å². The van der Waals surface area contributed by atoms with Crippen molar-refractivity contribution in [2.24, 2.45) is 0 Å². The zero-order chi connectivity index (χ0) is 12.1. The van der Waals surface area contributed by atoms with Gasteiger partial charge in [0, 0.05) is 25.2 Å². The highest BCUT2D eigenvalue weighted by Crippen LogP contribution is 2.18. The minimum absolute atomic E-state index is 0.463. The molecular formula is C14H28N2O. The van der Waals surface area contributed by atoms with Crippen LogP contribution in [0.4, 0.5) is 0 Å². The van der Waals surface area contributed by atoms with E-state index in [2.05, 4.69) is 24.1 Å². The van der Waals surface area contributed by atoms with Gasteiger partial charge in [-0.2, -0.15) is 0 Å². The Morgan fingerprint density at radius 3 is 3.00 bits per heavy atom. The molecule has 2 aliphatic rings. The minimum Gasteiger partial charge on any atom is -0.376 e. The van der Waals surface area contributed by atoms with Crippen LogP contribution in [0.3, 0.4) is 0 Å². The summed E-state index contributed by atoms with van der Waals surface area (Å²) in [6, 6.07) is 1.45. The molecule has 2 heterocycles. The van der Waals surface area contributed by atoms with Crippen molar-refractivity contribution in [3.05, 3.63) is 0 Å². The summed E-state index contributed by atoms with van der Waals surface area (Å²) in [5, 5.41) is 3.66. The summed E-state index contributed by atoms with van der Waals surface area (Å²) in [7, 11) is 0. The molecule has 2 rings (SSSR count). The van der Waals surface area contributed by atoms with E-state index in [0.29, 0.717) is 12.1 Å². The van der Waals surface area contributed by atoms with E-state index in [-0.39, 0.29) is 0 Å². The highest BCUT2D eigenvalue weighted by molar-refractivity contribution is 4.81. The van der Waals surface area contributed by atoms with Crippen molar-refractivity contribution in [2.45, 2.75) is 64.1 Å². The van der Waals surface area contributed by atoms with Crippen molar-refractivity contribution in [3.8, 4) is 0 Å². The molecule has 2 saturated heterocycles. The summed E-state index contributed by atoms with van der Waals surface area (Å²) in [5.74, 6) is 0. The first-order chi connectivity index (χ1) is 8.29. The van der Waals surface area contributed by atoms with Gasteiger partial charge >= 0.3 is 0 Å². The van der Waals surface area contributed by atoms with E-state index in [4.69, 9.17) is 4.74 Å². The maximum absolute atomic E-state index is 5.74. The van der Waals surface area contributed by atoms with E-state index in [9.17, 15) is 0 Å². The molecule has 0 aliphatic carbocycles. The van der Waals surface area contributed by atoms with E-state index in [1.54, 1.807) is 0 Å². The number of nitrogens with zero attached hydrogens (tertiary/aromatic N) is 1. The van der Waals surface area contributed by atoms with Gasteiger partial charge < -0.3 is 10.1 Å². The molecule has 0 spiro atoms. The summed E-state index contributed by atoms with van der Waals surface area (Å²) in [6.07, 6.45) is 7.05. The van der Waals surface area contributed by atoms with Gasteiger partial charge in [0.05, 0.1) is 12.7 Å². The second kappa shape index (κ2) is 6.72. The molecule has 3 unspecified atom stereocenters. The van der Waals surface area contributed by atoms with E-state index >= 15 is 0 Å². The summed E-state index contributed by atoms with van der Waals surface area (Å²) in [4.78, 5) is 2.62. The largest absolute Gasteiger partial charge is 0.376 e. The fourth-order valence-corrected chi connectivity index (χ4v) is 3.08. The number of ether oxygens (including phenoxy) is 1. The summed E-state index contributed by atoms with van der Waals surface area (Å²) < 4.78 is 5.74. The van der Waals surface area contributed by atoms with E-state index in [0.717, 1.165) is 32.2 Å². The molecule has 0 aromatic carbocycles. The lowest BCUT2D eigenvalue weighted by Gasteiger charge is -2.38. The van der Waals surface area contributed by atoms with Gasteiger partial charge in [0.15, 0.2) is 0 Å². The number of morpholine rings is 1. The Kier molecular flexibility index (Phi) is 5.26. The topological polar surface area (TPSA) is 24.5 Å². The highest BCUT2D eigenvalue weighted by Gasteiger charge is 2.25. The minimum atomic E-state index is 0.463. The van der Waals surface area contributed by atoms with Gasteiger partial charge in [-0.25, -0.2) is 0 Å². The van der Waals surface area contributed by atoms with Crippen molar-refractivity contribution in [2.75, 3.05) is 26.2 Å². The number of hydrogen-bond donors (Lipinski definition) is 1. The van der Waals surface area contributed by atoms with Crippen molar-refractivity contribution < 1.29 is 4.74 Å². The predicted octanol–water partition coefficient (Wildman–Crippen LogP) is 2.02. The summed E-state index contributed by atoms with van der Waals surface area (Å²) in [5.41, 5.74) is 0. The van der Waals surface area contributed by atoms with E-state index in [1.807, 2.05) is 0 Å². The molecule has 0 saturated carbocycles. The molecule has 2 fully saturated rings. The third kappa shape index (κ3) is 3.94. The predicted molar refractivity (Wildman–Crippen MR) is 71.3 cm³/mol. The van der Waals surface area contributed by atoms with Crippen molar-refractivity contribution in [1.82, 2.24) is 10.2 Å². The second-order valence-electron chi connectivity index (χ2n) is 5.63. The fraction of sp³-hybridized carbons (Fsp3) is 1.00. The normalized spacial score (nSPS) is 33.5. The van der Waals surface area contributed by atoms with E-state index < -0.39 is 0 Å². The van der Waals surface area contributed by atoms with E-state index in [1.165, 1.54) is 32.2 Å². The third-order valence-corrected chi connectivity index (χ3v) is 4.29. The average molecular weight is 240 g/mol. The van der Waals surface area contributed by atoms with Gasteiger partial charge in [-0.3, -0.25) is 4.90 Å². The molecule has 1 N–H and O–H groups in total. The van der Waals surface area contributed by atoms with Gasteiger partial charge in [0.2, 0.25) is 0 Å². The Labute approximate surface area is 106 Å². The van der Waals surface area contributed by atoms with Gasteiger partial charge in [0.1, 0.15) is 0 Å². The molecule has 0 aromatic heterocycles. The molecule has 3 heteroatoms. The van der Waals surface area contributed by atoms with Crippen LogP contribution in [0.5, 0.6) is 0 Å². The molecule has 2 aliphatic heterocycles. The summed E-state index contributed by atoms with van der Waals surface area (Å²) >= 11 is 0. The Morgan fingerprint density at radius 1 is 1.41 bits per heavy atom. The standard InChI is InChI=1S/C14H28N2O/c1-3-14-11-16(8-9-17-14)12(2)10-13-6-4-5-7-15-13/h12-15H,3-11H2,1-2H3. The monoisotopic (exact) mass is 240 g/mol. The van der Waals surface area contributed by atoms with Gasteiger partial charge in [0.25, 0.3) is 0 Å². The van der Waals surface area contributed by atoms with Crippen LogP contribution in [0.2, 0.25) is 0 Å². The maximum Gasteiger partial charge on any atom is 0.0700 e. The number of nitrogens with one attached hydrogen (secondary N) is 1. The van der Waals surface area contributed by atoms with Gasteiger partial charge in [-0.05, 0) is 39.2 Å². The summed E-state index contributed by atoms with van der Waals surface area (Å²) in [6.45, 7) is 8.99. The molecule has 0 radical (unpaired) electrons. The van der Waals surface area contributed by atoms with Crippen LogP contribution in [0, 0.1) is 0 Å². The first kappa shape index (κ1) is 13.3. The molecule has 3 atom stereocenters. The molecular weight excluding hydrogens is 212 g/mol. The molecule has 0 aromatic rings. The van der Waals surface area contributed by atoms with Crippen LogP contribution in [-0.2, 0) is 4.74 Å². The van der Waals surface area contributed by atoms with Crippen LogP contribution in [0.15, 0.2) is 0 Å². The smallest absolute Gasteiger partial charge is 0.0700 e. The van der Waals surface area contributed by atoms with Crippen molar-refractivity contribution in [1.29, 1.82) is 0 Å². The average Bonchev–Trinajstić information content (AvgIpc) is 2.40. The first-order valence-electron chi connectivity index (χ1n) is 7.38. The Hall–Kier alpha value is -0.120. The number of piperidine rings is 1. The Balaban J connectivity index is 1.75. The maximum atomic E-state index is 5.74. The molecule has 100 valence electrons. The van der Waals surface area contributed by atoms with Crippen molar-refractivity contribution in [3.63, 3.8) is 0 Å². The van der Waals surface area contributed by atoms with Crippen LogP contribution in [0.25, 0.3) is 0 Å². The highest BCUT2D eigenvalue weighted by atomic mass is 16.5. The van der Waals surface area contributed by atoms with Gasteiger partial charge in [-0.15, -0.1) is 0 Å². The van der Waals surface area contributed by atoms with Crippen LogP contribution in [0.1, 0.15) is 46.0 Å². The van der Waals surface area contributed by atoms with Crippen LogP contribution < -0.4 is 5.32 Å².